The highest BCUT2D eigenvalue weighted by molar-refractivity contribution is 6.02. The van der Waals surface area contributed by atoms with Gasteiger partial charge in [0.25, 0.3) is 0 Å². The predicted molar refractivity (Wildman–Crippen MR) is 49.1 cm³/mol. The second-order valence-electron chi connectivity index (χ2n) is 3.83. The van der Waals surface area contributed by atoms with Gasteiger partial charge in [-0.05, 0) is 20.3 Å². The second kappa shape index (κ2) is 3.46. The number of carbonyl (C=O) groups excluding carboxylic acids is 2. The van der Waals surface area contributed by atoms with Gasteiger partial charge < -0.3 is 0 Å². The minimum absolute atomic E-state index is 0.119. The molecule has 1 aliphatic heterocycles. The summed E-state index contributed by atoms with van der Waals surface area (Å²) in [6, 6.07) is 0. The third-order valence-electron chi connectivity index (χ3n) is 2.21. The van der Waals surface area contributed by atoms with Gasteiger partial charge in [0.1, 0.15) is 0 Å². The van der Waals surface area contributed by atoms with Crippen LogP contribution in [0.5, 0.6) is 0 Å². The molecule has 4 nitrogen and oxygen atoms in total. The summed E-state index contributed by atoms with van der Waals surface area (Å²) in [4.78, 5) is 24.4. The van der Waals surface area contributed by atoms with Gasteiger partial charge in [0.05, 0.1) is 12.1 Å². The summed E-state index contributed by atoms with van der Waals surface area (Å²) >= 11 is 0. The molecule has 0 aromatic heterocycles. The fourth-order valence-corrected chi connectivity index (χ4v) is 1.37. The van der Waals surface area contributed by atoms with Crippen molar-refractivity contribution in [2.45, 2.75) is 32.7 Å². The van der Waals surface area contributed by atoms with Gasteiger partial charge in [-0.2, -0.15) is 0 Å². The Labute approximate surface area is 78.3 Å². The quantitative estimate of drug-likeness (QED) is 0.621. The number of amides is 2. The average Bonchev–Trinajstić information content (AvgIpc) is 2.07. The first-order valence-corrected chi connectivity index (χ1v) is 4.59. The van der Waals surface area contributed by atoms with Crippen LogP contribution in [0.25, 0.3) is 0 Å². The van der Waals surface area contributed by atoms with E-state index in [9.17, 15) is 9.59 Å². The Morgan fingerprint density at radius 3 is 2.62 bits per heavy atom. The molecule has 13 heavy (non-hydrogen) atoms. The van der Waals surface area contributed by atoms with Crippen molar-refractivity contribution in [2.24, 2.45) is 0 Å². The van der Waals surface area contributed by atoms with E-state index in [1.165, 1.54) is 4.90 Å². The van der Waals surface area contributed by atoms with Crippen molar-refractivity contribution in [3.63, 3.8) is 0 Å². The van der Waals surface area contributed by atoms with Crippen molar-refractivity contribution < 1.29 is 9.59 Å². The average molecular weight is 184 g/mol. The summed E-state index contributed by atoms with van der Waals surface area (Å²) in [5, 5.41) is 2.91. The van der Waals surface area contributed by atoms with Crippen molar-refractivity contribution in [2.75, 3.05) is 13.1 Å². The lowest BCUT2D eigenvalue weighted by Gasteiger charge is -2.36. The van der Waals surface area contributed by atoms with E-state index >= 15 is 0 Å². The van der Waals surface area contributed by atoms with Crippen molar-refractivity contribution >= 4 is 11.8 Å². The maximum Gasteiger partial charge on any atom is 0.248 e. The molecule has 1 heterocycles. The van der Waals surface area contributed by atoms with Crippen LogP contribution < -0.4 is 5.32 Å². The monoisotopic (exact) mass is 184 g/mol. The van der Waals surface area contributed by atoms with Crippen LogP contribution in [0.15, 0.2) is 0 Å². The van der Waals surface area contributed by atoms with E-state index in [1.807, 2.05) is 6.92 Å². The fourth-order valence-electron chi connectivity index (χ4n) is 1.37. The smallest absolute Gasteiger partial charge is 0.248 e. The third kappa shape index (κ3) is 1.88. The van der Waals surface area contributed by atoms with Crippen molar-refractivity contribution in [1.29, 1.82) is 0 Å². The Balaban J connectivity index is 2.79. The number of piperazine rings is 1. The predicted octanol–water partition coefficient (Wildman–Crippen LogP) is 0.133. The van der Waals surface area contributed by atoms with Gasteiger partial charge in [0.15, 0.2) is 0 Å². The highest BCUT2D eigenvalue weighted by atomic mass is 16.2. The van der Waals surface area contributed by atoms with Crippen LogP contribution >= 0.6 is 0 Å². The van der Waals surface area contributed by atoms with Crippen LogP contribution in [0.3, 0.4) is 0 Å². The maximum atomic E-state index is 11.7. The normalized spacial score (nSPS) is 22.2. The molecule has 1 aliphatic rings. The van der Waals surface area contributed by atoms with Gasteiger partial charge in [-0.25, -0.2) is 0 Å². The third-order valence-corrected chi connectivity index (χ3v) is 2.21. The van der Waals surface area contributed by atoms with E-state index in [1.54, 1.807) is 13.8 Å². The number of imide groups is 1. The van der Waals surface area contributed by atoms with Crippen LogP contribution in [-0.4, -0.2) is 35.3 Å². The highest BCUT2D eigenvalue weighted by Crippen LogP contribution is 2.13. The summed E-state index contributed by atoms with van der Waals surface area (Å²) in [7, 11) is 0. The van der Waals surface area contributed by atoms with Gasteiger partial charge in [-0.15, -0.1) is 0 Å². The molecule has 0 saturated carbocycles. The SMILES string of the molecule is CCCN1C(=O)CNC(C)(C)C1=O. The van der Waals surface area contributed by atoms with Crippen LogP contribution in [0, 0.1) is 0 Å². The number of nitrogens with one attached hydrogen (secondary N) is 1. The molecule has 74 valence electrons. The highest BCUT2D eigenvalue weighted by Gasteiger charge is 2.38. The van der Waals surface area contributed by atoms with Gasteiger partial charge in [0.2, 0.25) is 11.8 Å². The van der Waals surface area contributed by atoms with E-state index in [-0.39, 0.29) is 18.4 Å². The Bertz CT molecular complexity index is 236. The number of rotatable bonds is 2. The van der Waals surface area contributed by atoms with E-state index in [0.29, 0.717) is 6.54 Å². The zero-order valence-electron chi connectivity index (χ0n) is 8.39. The molecule has 1 rings (SSSR count). The van der Waals surface area contributed by atoms with E-state index in [0.717, 1.165) is 6.42 Å². The van der Waals surface area contributed by atoms with E-state index in [2.05, 4.69) is 5.32 Å². The molecule has 2 amide bonds. The molecular weight excluding hydrogens is 168 g/mol. The zero-order valence-corrected chi connectivity index (χ0v) is 8.39. The van der Waals surface area contributed by atoms with E-state index in [4.69, 9.17) is 0 Å². The number of hydrogen-bond donors (Lipinski definition) is 1. The lowest BCUT2D eigenvalue weighted by atomic mass is 10.0. The molecule has 0 aromatic rings. The van der Waals surface area contributed by atoms with Crippen LogP contribution in [0.2, 0.25) is 0 Å². The standard InChI is InChI=1S/C9H16N2O2/c1-4-5-11-7(12)6-10-9(2,3)8(11)13/h10H,4-6H2,1-3H3. The first-order valence-electron chi connectivity index (χ1n) is 4.59. The molecule has 4 heteroatoms. The minimum Gasteiger partial charge on any atom is -0.295 e. The summed E-state index contributed by atoms with van der Waals surface area (Å²) < 4.78 is 0. The molecule has 1 fully saturated rings. The van der Waals surface area contributed by atoms with Crippen LogP contribution in [0.4, 0.5) is 0 Å². The first-order chi connectivity index (χ1) is 5.99. The summed E-state index contributed by atoms with van der Waals surface area (Å²) in [6.45, 7) is 6.34. The molecule has 0 aromatic carbocycles. The lowest BCUT2D eigenvalue weighted by molar-refractivity contribution is -0.152. The first kappa shape index (κ1) is 10.2. The van der Waals surface area contributed by atoms with Gasteiger partial charge in [-0.3, -0.25) is 19.8 Å². The van der Waals surface area contributed by atoms with Gasteiger partial charge >= 0.3 is 0 Å². The summed E-state index contributed by atoms with van der Waals surface area (Å²) in [5.41, 5.74) is -0.594. The minimum atomic E-state index is -0.594. The summed E-state index contributed by atoms with van der Waals surface area (Å²) in [5.74, 6) is -0.239. The molecular formula is C9H16N2O2. The Hall–Kier alpha value is -0.900. The molecule has 0 atom stereocenters. The van der Waals surface area contributed by atoms with Crippen molar-refractivity contribution in [3.8, 4) is 0 Å². The molecule has 0 aliphatic carbocycles. The molecule has 0 spiro atoms. The maximum absolute atomic E-state index is 11.7. The zero-order chi connectivity index (χ0) is 10.1. The molecule has 1 saturated heterocycles. The molecule has 0 radical (unpaired) electrons. The molecule has 0 bridgehead atoms. The van der Waals surface area contributed by atoms with E-state index < -0.39 is 5.54 Å². The van der Waals surface area contributed by atoms with Crippen LogP contribution in [0.1, 0.15) is 27.2 Å². The van der Waals surface area contributed by atoms with Crippen LogP contribution in [-0.2, 0) is 9.59 Å². The number of carbonyl (C=O) groups is 2. The topological polar surface area (TPSA) is 49.4 Å². The van der Waals surface area contributed by atoms with Crippen molar-refractivity contribution in [1.82, 2.24) is 10.2 Å². The Morgan fingerprint density at radius 1 is 1.46 bits per heavy atom. The number of nitrogens with zero attached hydrogens (tertiary/aromatic N) is 1. The number of hydrogen-bond acceptors (Lipinski definition) is 3. The molecule has 0 unspecified atom stereocenters. The summed E-state index contributed by atoms with van der Waals surface area (Å²) in [6.07, 6.45) is 0.813. The Kier molecular flexibility index (Phi) is 2.71. The van der Waals surface area contributed by atoms with Gasteiger partial charge in [0, 0.05) is 6.54 Å². The lowest BCUT2D eigenvalue weighted by Crippen LogP contribution is -2.63. The molecule has 1 N–H and O–H groups in total. The largest absolute Gasteiger partial charge is 0.295 e. The van der Waals surface area contributed by atoms with Gasteiger partial charge in [-0.1, -0.05) is 6.92 Å². The van der Waals surface area contributed by atoms with Crippen molar-refractivity contribution in [3.05, 3.63) is 0 Å². The second-order valence-corrected chi connectivity index (χ2v) is 3.83. The Morgan fingerprint density at radius 2 is 2.08 bits per heavy atom. The fraction of sp³-hybridized carbons (Fsp3) is 0.778.